The molecule has 1 heterocycles. The van der Waals surface area contributed by atoms with Gasteiger partial charge >= 0.3 is 6.18 Å². The van der Waals surface area contributed by atoms with Gasteiger partial charge in [-0.3, -0.25) is 4.79 Å². The van der Waals surface area contributed by atoms with Crippen LogP contribution in [0.1, 0.15) is 10.4 Å². The summed E-state index contributed by atoms with van der Waals surface area (Å²) in [4.78, 5) is 15.7. The quantitative estimate of drug-likeness (QED) is 0.682. The zero-order valence-corrected chi connectivity index (χ0v) is 14.9. The molecule has 146 valence electrons. The van der Waals surface area contributed by atoms with Crippen LogP contribution >= 0.6 is 11.6 Å². The van der Waals surface area contributed by atoms with E-state index in [0.717, 1.165) is 6.20 Å². The molecule has 0 atom stereocenters. The maximum atomic E-state index is 12.1. The molecule has 2 rings (SSSR count). The van der Waals surface area contributed by atoms with Crippen LogP contribution in [0.2, 0.25) is 5.02 Å². The summed E-state index contributed by atoms with van der Waals surface area (Å²) >= 11 is 5.80. The van der Waals surface area contributed by atoms with Crippen LogP contribution in [0.3, 0.4) is 0 Å². The maximum absolute atomic E-state index is 12.1. The number of halogens is 4. The minimum Gasteiger partial charge on any atom is -0.497 e. The molecule has 1 aromatic carbocycles. The summed E-state index contributed by atoms with van der Waals surface area (Å²) in [6, 6.07) is 8.11. The van der Waals surface area contributed by atoms with Gasteiger partial charge in [0.15, 0.2) is 6.61 Å². The first-order valence-corrected chi connectivity index (χ1v) is 8.06. The number of benzene rings is 1. The Morgan fingerprint density at radius 3 is 2.44 bits per heavy atom. The van der Waals surface area contributed by atoms with Gasteiger partial charge in [0.2, 0.25) is 5.88 Å². The Kier molecular flexibility index (Phi) is 7.12. The predicted molar refractivity (Wildman–Crippen MR) is 91.6 cm³/mol. The smallest absolute Gasteiger partial charge is 0.422 e. The third kappa shape index (κ3) is 6.86. The molecule has 0 saturated carbocycles. The van der Waals surface area contributed by atoms with Gasteiger partial charge in [-0.05, 0) is 30.3 Å². The van der Waals surface area contributed by atoms with Crippen LogP contribution in [0.25, 0.3) is 0 Å². The van der Waals surface area contributed by atoms with E-state index in [1.54, 1.807) is 31.4 Å². The Balaban J connectivity index is 1.80. The molecular formula is C17H16ClF3N2O4. The Hall–Kier alpha value is -2.68. The average Bonchev–Trinajstić information content (AvgIpc) is 2.63. The number of ether oxygens (including phenoxy) is 3. The van der Waals surface area contributed by atoms with Crippen molar-refractivity contribution in [3.05, 3.63) is 47.1 Å². The highest BCUT2D eigenvalue weighted by atomic mass is 35.5. The van der Waals surface area contributed by atoms with Gasteiger partial charge in [0.05, 0.1) is 19.2 Å². The van der Waals surface area contributed by atoms with Crippen molar-refractivity contribution in [3.8, 4) is 17.4 Å². The molecule has 0 aliphatic rings. The fourth-order valence-corrected chi connectivity index (χ4v) is 2.13. The zero-order chi connectivity index (χ0) is 19.9. The largest absolute Gasteiger partial charge is 0.497 e. The van der Waals surface area contributed by atoms with E-state index >= 15 is 0 Å². The van der Waals surface area contributed by atoms with E-state index in [2.05, 4.69) is 15.0 Å². The predicted octanol–water partition coefficient (Wildman–Crippen LogP) is 3.49. The third-order valence-electron chi connectivity index (χ3n) is 3.16. The van der Waals surface area contributed by atoms with Crippen LogP contribution in [0.5, 0.6) is 17.4 Å². The molecule has 2 aromatic rings. The van der Waals surface area contributed by atoms with E-state index in [0.29, 0.717) is 11.5 Å². The number of carbonyl (C=O) groups is 1. The first-order chi connectivity index (χ1) is 12.8. The Morgan fingerprint density at radius 1 is 1.19 bits per heavy atom. The molecule has 0 unspecified atom stereocenters. The fourth-order valence-electron chi connectivity index (χ4n) is 1.91. The van der Waals surface area contributed by atoms with Gasteiger partial charge in [-0.1, -0.05) is 11.6 Å². The number of carbonyl (C=O) groups excluding carboxylic acids is 1. The molecule has 1 aromatic heterocycles. The minimum atomic E-state index is -4.51. The summed E-state index contributed by atoms with van der Waals surface area (Å²) in [5.74, 6) is 0.419. The van der Waals surface area contributed by atoms with Crippen LogP contribution in [0.4, 0.5) is 13.2 Å². The van der Waals surface area contributed by atoms with Gasteiger partial charge in [-0.25, -0.2) is 4.98 Å². The Morgan fingerprint density at radius 2 is 1.85 bits per heavy atom. The molecule has 0 radical (unpaired) electrons. The number of amides is 1. The molecule has 0 aliphatic heterocycles. The second kappa shape index (κ2) is 9.31. The highest BCUT2D eigenvalue weighted by molar-refractivity contribution is 6.32. The van der Waals surface area contributed by atoms with E-state index < -0.39 is 24.6 Å². The van der Waals surface area contributed by atoms with Crippen LogP contribution in [0, 0.1) is 0 Å². The number of hydrogen-bond donors (Lipinski definition) is 1. The number of alkyl halides is 3. The third-order valence-corrected chi connectivity index (χ3v) is 3.43. The maximum Gasteiger partial charge on any atom is 0.422 e. The number of nitrogens with zero attached hydrogens (tertiary/aromatic N) is 1. The molecule has 6 nitrogen and oxygen atoms in total. The second-order valence-corrected chi connectivity index (χ2v) is 5.60. The molecule has 1 amide bonds. The van der Waals surface area contributed by atoms with Crippen molar-refractivity contribution in [2.24, 2.45) is 0 Å². The van der Waals surface area contributed by atoms with Crippen molar-refractivity contribution >= 4 is 17.5 Å². The highest BCUT2D eigenvalue weighted by Gasteiger charge is 2.29. The molecule has 10 heteroatoms. The molecule has 0 spiro atoms. The lowest BCUT2D eigenvalue weighted by Crippen LogP contribution is -2.28. The van der Waals surface area contributed by atoms with E-state index in [4.69, 9.17) is 21.1 Å². The topological polar surface area (TPSA) is 69.7 Å². The fraction of sp³-hybridized carbons (Fsp3) is 0.294. The van der Waals surface area contributed by atoms with Crippen LogP contribution in [-0.4, -0.2) is 43.9 Å². The Bertz CT molecular complexity index is 770. The van der Waals surface area contributed by atoms with Crippen LogP contribution in [0.15, 0.2) is 36.5 Å². The summed E-state index contributed by atoms with van der Waals surface area (Å²) in [5, 5.41) is 2.39. The summed E-state index contributed by atoms with van der Waals surface area (Å²) in [6.07, 6.45) is -3.43. The van der Waals surface area contributed by atoms with Gasteiger partial charge in [0.1, 0.15) is 23.1 Å². The zero-order valence-electron chi connectivity index (χ0n) is 14.2. The summed E-state index contributed by atoms with van der Waals surface area (Å²) in [6.45, 7) is -1.10. The summed E-state index contributed by atoms with van der Waals surface area (Å²) < 4.78 is 51.4. The summed E-state index contributed by atoms with van der Waals surface area (Å²) in [7, 11) is 1.56. The monoisotopic (exact) mass is 404 g/mol. The van der Waals surface area contributed by atoms with Crippen molar-refractivity contribution in [1.82, 2.24) is 10.3 Å². The van der Waals surface area contributed by atoms with Crippen molar-refractivity contribution in [1.29, 1.82) is 0 Å². The van der Waals surface area contributed by atoms with E-state index in [1.807, 2.05) is 0 Å². The second-order valence-electron chi connectivity index (χ2n) is 5.19. The van der Waals surface area contributed by atoms with Crippen LogP contribution in [-0.2, 0) is 0 Å². The molecule has 27 heavy (non-hydrogen) atoms. The van der Waals surface area contributed by atoms with Gasteiger partial charge in [0, 0.05) is 6.20 Å². The number of methoxy groups -OCH3 is 1. The normalized spacial score (nSPS) is 11.0. The number of pyridine rings is 1. The molecule has 0 bridgehead atoms. The molecule has 0 fully saturated rings. The van der Waals surface area contributed by atoms with E-state index in [1.165, 1.54) is 6.07 Å². The minimum absolute atomic E-state index is 0.0869. The number of aromatic nitrogens is 1. The highest BCUT2D eigenvalue weighted by Crippen LogP contribution is 2.25. The molecule has 0 saturated heterocycles. The van der Waals surface area contributed by atoms with E-state index in [9.17, 15) is 18.0 Å². The SMILES string of the molecule is COc1ccc(OCCNC(=O)c2cnc(OCC(F)(F)F)c(Cl)c2)cc1. The van der Waals surface area contributed by atoms with Crippen molar-refractivity contribution < 1.29 is 32.2 Å². The van der Waals surface area contributed by atoms with E-state index in [-0.39, 0.29) is 23.7 Å². The number of rotatable bonds is 8. The Labute approximate surface area is 158 Å². The van der Waals surface area contributed by atoms with Gasteiger partial charge in [-0.2, -0.15) is 13.2 Å². The lowest BCUT2D eigenvalue weighted by molar-refractivity contribution is -0.154. The first kappa shape index (κ1) is 20.6. The summed E-state index contributed by atoms with van der Waals surface area (Å²) in [5.41, 5.74) is 0.0869. The number of hydrogen-bond acceptors (Lipinski definition) is 5. The average molecular weight is 405 g/mol. The van der Waals surface area contributed by atoms with Gasteiger partial charge in [-0.15, -0.1) is 0 Å². The molecule has 1 N–H and O–H groups in total. The van der Waals surface area contributed by atoms with Crippen molar-refractivity contribution in [3.63, 3.8) is 0 Å². The lowest BCUT2D eigenvalue weighted by Gasteiger charge is -2.11. The molecule has 0 aliphatic carbocycles. The van der Waals surface area contributed by atoms with Crippen LogP contribution < -0.4 is 19.5 Å². The van der Waals surface area contributed by atoms with Crippen molar-refractivity contribution in [2.45, 2.75) is 6.18 Å². The number of nitrogens with one attached hydrogen (secondary N) is 1. The standard InChI is InChI=1S/C17H16ClF3N2O4/c1-25-12-2-4-13(5-3-12)26-7-6-22-15(24)11-8-14(18)16(23-9-11)27-10-17(19,20)21/h2-5,8-9H,6-7,10H2,1H3,(H,22,24). The lowest BCUT2D eigenvalue weighted by atomic mass is 10.2. The van der Waals surface area contributed by atoms with Gasteiger partial charge < -0.3 is 19.5 Å². The van der Waals surface area contributed by atoms with Gasteiger partial charge in [0.25, 0.3) is 5.91 Å². The molecular weight excluding hydrogens is 389 g/mol. The first-order valence-electron chi connectivity index (χ1n) is 7.68. The van der Waals surface area contributed by atoms with Crippen molar-refractivity contribution in [2.75, 3.05) is 26.9 Å².